The summed E-state index contributed by atoms with van der Waals surface area (Å²) in [6.07, 6.45) is 0. The number of thioether (sulfide) groups is 1. The second kappa shape index (κ2) is 6.82. The van der Waals surface area contributed by atoms with Crippen LogP contribution in [-0.4, -0.2) is 11.7 Å². The molecular formula is C16H15N3OS. The Bertz CT molecular complexity index is 707. The lowest BCUT2D eigenvalue weighted by Gasteiger charge is -2.08. The van der Waals surface area contributed by atoms with E-state index in [9.17, 15) is 4.79 Å². The summed E-state index contributed by atoms with van der Waals surface area (Å²) in [4.78, 5) is 12.9. The van der Waals surface area contributed by atoms with Crippen molar-refractivity contribution in [2.75, 3.05) is 16.8 Å². The van der Waals surface area contributed by atoms with Gasteiger partial charge in [0.25, 0.3) is 0 Å². The van der Waals surface area contributed by atoms with Crippen LogP contribution in [0.5, 0.6) is 0 Å². The van der Waals surface area contributed by atoms with Crippen LogP contribution in [0.1, 0.15) is 11.1 Å². The lowest BCUT2D eigenvalue weighted by atomic mass is 10.2. The van der Waals surface area contributed by atoms with Gasteiger partial charge in [-0.2, -0.15) is 5.26 Å². The number of carbonyl (C=O) groups is 1. The third-order valence-electron chi connectivity index (χ3n) is 2.85. The van der Waals surface area contributed by atoms with E-state index in [1.807, 2.05) is 31.2 Å². The number of hydrogen-bond donors (Lipinski definition) is 2. The molecule has 106 valence electrons. The normalized spacial score (nSPS) is 9.90. The van der Waals surface area contributed by atoms with E-state index in [0.717, 1.165) is 10.5 Å². The fraction of sp³-hybridized carbons (Fsp3) is 0.125. The molecule has 4 nitrogen and oxygen atoms in total. The van der Waals surface area contributed by atoms with Crippen LogP contribution in [-0.2, 0) is 4.79 Å². The Morgan fingerprint density at radius 3 is 2.90 bits per heavy atom. The summed E-state index contributed by atoms with van der Waals surface area (Å²) in [6.45, 7) is 1.98. The van der Waals surface area contributed by atoms with Crippen LogP contribution in [0.3, 0.4) is 0 Å². The lowest BCUT2D eigenvalue weighted by Crippen LogP contribution is -2.14. The highest BCUT2D eigenvalue weighted by molar-refractivity contribution is 8.00. The number of carbonyl (C=O) groups excluding carboxylic acids is 1. The number of nitrogen functional groups attached to an aromatic ring is 1. The molecular weight excluding hydrogens is 282 g/mol. The van der Waals surface area contributed by atoms with Crippen molar-refractivity contribution in [1.29, 1.82) is 5.26 Å². The monoisotopic (exact) mass is 297 g/mol. The molecule has 5 heteroatoms. The van der Waals surface area contributed by atoms with Crippen LogP contribution < -0.4 is 11.1 Å². The number of aryl methyl sites for hydroxylation is 1. The summed E-state index contributed by atoms with van der Waals surface area (Å²) in [6, 6.07) is 14.5. The molecule has 0 saturated carbocycles. The van der Waals surface area contributed by atoms with E-state index in [4.69, 9.17) is 11.0 Å². The molecule has 0 heterocycles. The number of nitrogens with two attached hydrogens (primary N) is 1. The SMILES string of the molecule is Cc1ccc(N)cc1SCC(=O)Nc1cccc(C#N)c1. The lowest BCUT2D eigenvalue weighted by molar-refractivity contribution is -0.113. The number of rotatable bonds is 4. The van der Waals surface area contributed by atoms with Gasteiger partial charge in [-0.15, -0.1) is 11.8 Å². The van der Waals surface area contributed by atoms with Gasteiger partial charge in [-0.3, -0.25) is 4.79 Å². The van der Waals surface area contributed by atoms with Crippen molar-refractivity contribution in [2.45, 2.75) is 11.8 Å². The maximum absolute atomic E-state index is 11.9. The molecule has 2 rings (SSSR count). The number of nitrogens with one attached hydrogen (secondary N) is 1. The van der Waals surface area contributed by atoms with Gasteiger partial charge in [0.1, 0.15) is 0 Å². The summed E-state index contributed by atoms with van der Waals surface area (Å²) in [5.74, 6) is 0.179. The van der Waals surface area contributed by atoms with E-state index in [-0.39, 0.29) is 5.91 Å². The molecule has 0 aromatic heterocycles. The Morgan fingerprint density at radius 1 is 1.33 bits per heavy atom. The average Bonchev–Trinajstić information content (AvgIpc) is 2.48. The number of benzene rings is 2. The molecule has 2 aromatic carbocycles. The van der Waals surface area contributed by atoms with Crippen molar-refractivity contribution >= 4 is 29.0 Å². The first-order chi connectivity index (χ1) is 10.1. The standard InChI is InChI=1S/C16H15N3OS/c1-11-5-6-13(18)8-15(11)21-10-16(20)19-14-4-2-3-12(7-14)9-17/h2-8H,10,18H2,1H3,(H,19,20). The highest BCUT2D eigenvalue weighted by Gasteiger charge is 2.06. The maximum atomic E-state index is 11.9. The van der Waals surface area contributed by atoms with Crippen molar-refractivity contribution in [3.63, 3.8) is 0 Å². The number of anilines is 2. The largest absolute Gasteiger partial charge is 0.399 e. The van der Waals surface area contributed by atoms with Crippen LogP contribution in [0.25, 0.3) is 0 Å². The summed E-state index contributed by atoms with van der Waals surface area (Å²) < 4.78 is 0. The van der Waals surface area contributed by atoms with Gasteiger partial charge in [-0.05, 0) is 42.8 Å². The Kier molecular flexibility index (Phi) is 4.85. The van der Waals surface area contributed by atoms with Gasteiger partial charge < -0.3 is 11.1 Å². The van der Waals surface area contributed by atoms with Crippen LogP contribution in [0.15, 0.2) is 47.4 Å². The van der Waals surface area contributed by atoms with E-state index in [1.165, 1.54) is 11.8 Å². The minimum atomic E-state index is -0.114. The molecule has 0 atom stereocenters. The summed E-state index contributed by atoms with van der Waals surface area (Å²) >= 11 is 1.44. The smallest absolute Gasteiger partial charge is 0.234 e. The van der Waals surface area contributed by atoms with Gasteiger partial charge in [0.05, 0.1) is 17.4 Å². The second-order valence-corrected chi connectivity index (χ2v) is 5.57. The zero-order valence-electron chi connectivity index (χ0n) is 11.6. The van der Waals surface area contributed by atoms with E-state index < -0.39 is 0 Å². The van der Waals surface area contributed by atoms with Crippen LogP contribution in [0.4, 0.5) is 11.4 Å². The number of hydrogen-bond acceptors (Lipinski definition) is 4. The van der Waals surface area contributed by atoms with Crippen LogP contribution in [0, 0.1) is 18.3 Å². The molecule has 0 aliphatic rings. The van der Waals surface area contributed by atoms with Gasteiger partial charge in [-0.25, -0.2) is 0 Å². The third kappa shape index (κ3) is 4.26. The molecule has 0 fully saturated rings. The van der Waals surface area contributed by atoms with E-state index >= 15 is 0 Å². The Labute approximate surface area is 128 Å². The molecule has 0 saturated heterocycles. The Hall–Kier alpha value is -2.45. The van der Waals surface area contributed by atoms with Gasteiger partial charge in [0.15, 0.2) is 0 Å². The van der Waals surface area contributed by atoms with Gasteiger partial charge in [-0.1, -0.05) is 12.1 Å². The molecule has 0 bridgehead atoms. The molecule has 2 aromatic rings. The minimum Gasteiger partial charge on any atom is -0.399 e. The first-order valence-corrected chi connectivity index (χ1v) is 7.36. The molecule has 0 unspecified atom stereocenters. The van der Waals surface area contributed by atoms with Crippen molar-refractivity contribution < 1.29 is 4.79 Å². The predicted molar refractivity (Wildman–Crippen MR) is 86.1 cm³/mol. The number of amides is 1. The number of nitrogens with zero attached hydrogens (tertiary/aromatic N) is 1. The van der Waals surface area contributed by atoms with Crippen molar-refractivity contribution in [3.05, 3.63) is 53.6 Å². The Balaban J connectivity index is 1.96. The van der Waals surface area contributed by atoms with Gasteiger partial charge >= 0.3 is 0 Å². The number of nitriles is 1. The molecule has 0 aliphatic carbocycles. The highest BCUT2D eigenvalue weighted by atomic mass is 32.2. The predicted octanol–water partition coefficient (Wildman–Crippen LogP) is 3.18. The zero-order valence-corrected chi connectivity index (χ0v) is 12.4. The molecule has 21 heavy (non-hydrogen) atoms. The second-order valence-electron chi connectivity index (χ2n) is 4.55. The minimum absolute atomic E-state index is 0.114. The Morgan fingerprint density at radius 2 is 2.14 bits per heavy atom. The molecule has 1 amide bonds. The fourth-order valence-electron chi connectivity index (χ4n) is 1.78. The zero-order chi connectivity index (χ0) is 15.2. The maximum Gasteiger partial charge on any atom is 0.234 e. The summed E-state index contributed by atoms with van der Waals surface area (Å²) in [5, 5.41) is 11.6. The highest BCUT2D eigenvalue weighted by Crippen LogP contribution is 2.24. The summed E-state index contributed by atoms with van der Waals surface area (Å²) in [7, 11) is 0. The van der Waals surface area contributed by atoms with Crippen molar-refractivity contribution in [2.24, 2.45) is 0 Å². The van der Waals surface area contributed by atoms with E-state index in [1.54, 1.807) is 24.3 Å². The van der Waals surface area contributed by atoms with Crippen LogP contribution >= 0.6 is 11.8 Å². The molecule has 3 N–H and O–H groups in total. The molecule has 0 spiro atoms. The van der Waals surface area contributed by atoms with E-state index in [2.05, 4.69) is 5.32 Å². The first-order valence-electron chi connectivity index (χ1n) is 6.37. The fourth-order valence-corrected chi connectivity index (χ4v) is 2.65. The van der Waals surface area contributed by atoms with Crippen LogP contribution in [0.2, 0.25) is 0 Å². The topological polar surface area (TPSA) is 78.9 Å². The molecule has 0 radical (unpaired) electrons. The van der Waals surface area contributed by atoms with E-state index in [0.29, 0.717) is 22.7 Å². The van der Waals surface area contributed by atoms with Crippen molar-refractivity contribution in [3.8, 4) is 6.07 Å². The summed E-state index contributed by atoms with van der Waals surface area (Å²) in [5.41, 5.74) is 8.67. The first kappa shape index (κ1) is 14.9. The molecule has 0 aliphatic heterocycles. The third-order valence-corrected chi connectivity index (χ3v) is 4.00. The quantitative estimate of drug-likeness (QED) is 0.671. The van der Waals surface area contributed by atoms with Crippen molar-refractivity contribution in [1.82, 2.24) is 0 Å². The average molecular weight is 297 g/mol. The van der Waals surface area contributed by atoms with Gasteiger partial charge in [0.2, 0.25) is 5.91 Å². The van der Waals surface area contributed by atoms with Gasteiger partial charge in [0, 0.05) is 16.3 Å².